The molecule has 0 saturated heterocycles. The molecule has 2 rings (SSSR count). The minimum Gasteiger partial charge on any atom is -0.475 e. The molecular formula is C12H16BrNO6S. The Labute approximate surface area is 130 Å². The van der Waals surface area contributed by atoms with Crippen molar-refractivity contribution >= 4 is 31.9 Å². The van der Waals surface area contributed by atoms with Crippen LogP contribution in [-0.4, -0.2) is 48.1 Å². The highest BCUT2D eigenvalue weighted by Crippen LogP contribution is 2.34. The van der Waals surface area contributed by atoms with Gasteiger partial charge in [0, 0.05) is 25.3 Å². The van der Waals surface area contributed by atoms with E-state index in [1.54, 1.807) is 0 Å². The van der Waals surface area contributed by atoms with E-state index >= 15 is 0 Å². The van der Waals surface area contributed by atoms with Crippen LogP contribution in [0.1, 0.15) is 36.2 Å². The first kappa shape index (κ1) is 16.5. The first-order valence-corrected chi connectivity index (χ1v) is 8.76. The zero-order valence-corrected chi connectivity index (χ0v) is 13.6. The van der Waals surface area contributed by atoms with Crippen molar-refractivity contribution in [2.45, 2.75) is 36.6 Å². The molecule has 0 spiro atoms. The minimum atomic E-state index is -3.86. The van der Waals surface area contributed by atoms with Gasteiger partial charge in [0.25, 0.3) is 0 Å². The highest BCUT2D eigenvalue weighted by molar-refractivity contribution is 9.10. The van der Waals surface area contributed by atoms with Crippen LogP contribution in [-0.2, 0) is 10.0 Å². The first-order chi connectivity index (χ1) is 9.87. The maximum absolute atomic E-state index is 12.7. The third kappa shape index (κ3) is 3.31. The van der Waals surface area contributed by atoms with Gasteiger partial charge in [0.05, 0.1) is 0 Å². The predicted molar refractivity (Wildman–Crippen MR) is 76.6 cm³/mol. The molecule has 0 aromatic carbocycles. The Morgan fingerprint density at radius 1 is 1.48 bits per heavy atom. The average molecular weight is 382 g/mol. The van der Waals surface area contributed by atoms with E-state index in [1.165, 1.54) is 4.31 Å². The van der Waals surface area contributed by atoms with Crippen molar-refractivity contribution in [1.29, 1.82) is 0 Å². The van der Waals surface area contributed by atoms with Gasteiger partial charge in [0.15, 0.2) is 4.67 Å². The number of aliphatic hydroxyl groups excluding tert-OH is 1. The third-order valence-electron chi connectivity index (χ3n) is 3.47. The molecule has 0 unspecified atom stereocenters. The molecule has 2 N–H and O–H groups in total. The number of carboxylic acids is 1. The highest BCUT2D eigenvalue weighted by Gasteiger charge is 2.37. The van der Waals surface area contributed by atoms with Crippen LogP contribution < -0.4 is 0 Å². The number of aromatic carboxylic acids is 1. The zero-order valence-electron chi connectivity index (χ0n) is 11.2. The van der Waals surface area contributed by atoms with Crippen molar-refractivity contribution in [2.24, 2.45) is 0 Å². The highest BCUT2D eigenvalue weighted by atomic mass is 79.9. The number of carboxylic acid groups (broad SMARTS) is 1. The molecule has 1 heterocycles. The van der Waals surface area contributed by atoms with Crippen LogP contribution in [0.5, 0.6) is 0 Å². The monoisotopic (exact) mass is 381 g/mol. The maximum atomic E-state index is 12.7. The van der Waals surface area contributed by atoms with E-state index in [-0.39, 0.29) is 28.8 Å². The van der Waals surface area contributed by atoms with Crippen LogP contribution in [0.4, 0.5) is 0 Å². The summed E-state index contributed by atoms with van der Waals surface area (Å²) in [7, 11) is -3.86. The van der Waals surface area contributed by atoms with Crippen LogP contribution in [0, 0.1) is 0 Å². The fourth-order valence-corrected chi connectivity index (χ4v) is 4.79. The molecular weight excluding hydrogens is 366 g/mol. The topological polar surface area (TPSA) is 108 Å². The van der Waals surface area contributed by atoms with Gasteiger partial charge in [0.1, 0.15) is 4.90 Å². The molecule has 0 bridgehead atoms. The predicted octanol–water partition coefficient (Wildman–Crippen LogP) is 1.67. The van der Waals surface area contributed by atoms with Crippen molar-refractivity contribution in [3.05, 3.63) is 16.5 Å². The van der Waals surface area contributed by atoms with Crippen molar-refractivity contribution in [3.63, 3.8) is 0 Å². The van der Waals surface area contributed by atoms with Gasteiger partial charge in [-0.15, -0.1) is 0 Å². The van der Waals surface area contributed by atoms with Crippen LogP contribution in [0.25, 0.3) is 0 Å². The molecule has 1 aromatic heterocycles. The molecule has 0 amide bonds. The smallest absolute Gasteiger partial charge is 0.371 e. The summed E-state index contributed by atoms with van der Waals surface area (Å²) >= 11 is 2.96. The lowest BCUT2D eigenvalue weighted by Gasteiger charge is -2.36. The molecule has 1 aromatic rings. The lowest BCUT2D eigenvalue weighted by molar-refractivity contribution is 0.0661. The van der Waals surface area contributed by atoms with E-state index in [2.05, 4.69) is 15.9 Å². The van der Waals surface area contributed by atoms with Gasteiger partial charge in [-0.3, -0.25) is 0 Å². The van der Waals surface area contributed by atoms with Crippen LogP contribution in [0.3, 0.4) is 0 Å². The summed E-state index contributed by atoms with van der Waals surface area (Å²) in [5.41, 5.74) is 0. The number of halogens is 1. The van der Waals surface area contributed by atoms with E-state index in [0.29, 0.717) is 6.42 Å². The summed E-state index contributed by atoms with van der Waals surface area (Å²) in [6, 6.07) is 0.906. The summed E-state index contributed by atoms with van der Waals surface area (Å²) in [6.45, 7) is 0.0925. The number of sulfonamides is 1. The molecule has 0 radical (unpaired) electrons. The quantitative estimate of drug-likeness (QED) is 0.743. The second-order valence-corrected chi connectivity index (χ2v) is 7.41. The van der Waals surface area contributed by atoms with E-state index < -0.39 is 21.8 Å². The van der Waals surface area contributed by atoms with Gasteiger partial charge in [0.2, 0.25) is 15.8 Å². The summed E-state index contributed by atoms with van der Waals surface area (Å²) in [4.78, 5) is 10.7. The molecule has 1 aliphatic rings. The summed E-state index contributed by atoms with van der Waals surface area (Å²) in [5.74, 6) is -1.76. The van der Waals surface area contributed by atoms with Crippen molar-refractivity contribution in [2.75, 3.05) is 13.2 Å². The van der Waals surface area contributed by atoms with Crippen LogP contribution in [0.2, 0.25) is 0 Å². The molecule has 1 saturated carbocycles. The van der Waals surface area contributed by atoms with Crippen LogP contribution >= 0.6 is 15.9 Å². The normalized spacial score (nSPS) is 16.1. The Kier molecular flexibility index (Phi) is 5.07. The van der Waals surface area contributed by atoms with Gasteiger partial charge < -0.3 is 14.6 Å². The minimum absolute atomic E-state index is 0.100. The summed E-state index contributed by atoms with van der Waals surface area (Å²) in [6.07, 6.45) is 2.83. The average Bonchev–Trinajstić information content (AvgIpc) is 2.74. The van der Waals surface area contributed by atoms with Crippen LogP contribution in [0.15, 0.2) is 20.0 Å². The molecule has 7 nitrogen and oxygen atoms in total. The lowest BCUT2D eigenvalue weighted by atomic mass is 9.93. The summed E-state index contributed by atoms with van der Waals surface area (Å²) < 4.78 is 31.5. The third-order valence-corrected chi connectivity index (χ3v) is 6.28. The Balaban J connectivity index is 2.35. The number of hydrogen-bond donors (Lipinski definition) is 2. The molecule has 1 aliphatic carbocycles. The molecule has 9 heteroatoms. The fraction of sp³-hybridized carbons (Fsp3) is 0.583. The number of rotatable bonds is 7. The Bertz CT molecular complexity index is 622. The molecule has 1 fully saturated rings. The standard InChI is InChI=1S/C12H16BrNO6S/c13-11-10(7-9(20-11)12(16)17)21(18,19)14(5-2-6-15)8-3-1-4-8/h7-8,15H,1-6H2,(H,16,17). The number of nitrogens with zero attached hydrogens (tertiary/aromatic N) is 1. The second kappa shape index (κ2) is 6.47. The van der Waals surface area contributed by atoms with E-state index in [1.807, 2.05) is 0 Å². The Hall–Kier alpha value is -0.900. The van der Waals surface area contributed by atoms with Gasteiger partial charge in [-0.25, -0.2) is 13.2 Å². The van der Waals surface area contributed by atoms with E-state index in [4.69, 9.17) is 14.6 Å². The summed E-state index contributed by atoms with van der Waals surface area (Å²) in [5, 5.41) is 17.8. The van der Waals surface area contributed by atoms with Gasteiger partial charge in [-0.05, 0) is 35.2 Å². The fourth-order valence-electron chi connectivity index (χ4n) is 2.16. The number of furan rings is 1. The number of hydrogen-bond acceptors (Lipinski definition) is 5. The van der Waals surface area contributed by atoms with Crippen molar-refractivity contribution in [1.82, 2.24) is 4.31 Å². The Morgan fingerprint density at radius 3 is 2.57 bits per heavy atom. The van der Waals surface area contributed by atoms with Gasteiger partial charge in [-0.1, -0.05) is 6.42 Å². The van der Waals surface area contributed by atoms with Gasteiger partial charge >= 0.3 is 5.97 Å². The zero-order chi connectivity index (χ0) is 15.6. The lowest BCUT2D eigenvalue weighted by Crippen LogP contribution is -2.44. The van der Waals surface area contributed by atoms with E-state index in [9.17, 15) is 13.2 Å². The number of aliphatic hydroxyl groups is 1. The van der Waals surface area contributed by atoms with Crippen molar-refractivity contribution < 1.29 is 27.8 Å². The van der Waals surface area contributed by atoms with Crippen molar-refractivity contribution in [3.8, 4) is 0 Å². The molecule has 118 valence electrons. The molecule has 0 aliphatic heterocycles. The van der Waals surface area contributed by atoms with E-state index in [0.717, 1.165) is 25.3 Å². The largest absolute Gasteiger partial charge is 0.475 e. The SMILES string of the molecule is O=C(O)c1cc(S(=O)(=O)N(CCCO)C2CCC2)c(Br)o1. The maximum Gasteiger partial charge on any atom is 0.371 e. The number of carbonyl (C=O) groups is 1. The first-order valence-electron chi connectivity index (χ1n) is 6.53. The Morgan fingerprint density at radius 2 is 2.14 bits per heavy atom. The van der Waals surface area contributed by atoms with Gasteiger partial charge in [-0.2, -0.15) is 4.31 Å². The molecule has 0 atom stereocenters. The molecule has 21 heavy (non-hydrogen) atoms. The second-order valence-electron chi connectivity index (χ2n) is 4.83.